The van der Waals surface area contributed by atoms with Crippen molar-refractivity contribution in [2.75, 3.05) is 25.5 Å². The number of aromatic nitrogens is 2. The van der Waals surface area contributed by atoms with Crippen molar-refractivity contribution in [2.24, 2.45) is 0 Å². The van der Waals surface area contributed by atoms with E-state index >= 15 is 0 Å². The molecule has 1 atom stereocenters. The number of thiazole rings is 1. The Morgan fingerprint density at radius 3 is 2.77 bits per heavy atom. The number of amides is 1. The first-order chi connectivity index (χ1) is 16.9. The molecule has 0 bridgehead atoms. The smallest absolute Gasteiger partial charge is 0.340 e. The van der Waals surface area contributed by atoms with Gasteiger partial charge in [0, 0.05) is 41.5 Å². The largest absolute Gasteiger partial charge is 0.466 e. The summed E-state index contributed by atoms with van der Waals surface area (Å²) in [5, 5.41) is 5.43. The molecule has 0 saturated heterocycles. The number of esters is 2. The van der Waals surface area contributed by atoms with Crippen LogP contribution in [0.25, 0.3) is 10.9 Å². The summed E-state index contributed by atoms with van der Waals surface area (Å²) in [4.78, 5) is 49.2. The Hall–Kier alpha value is -3.37. The molecule has 0 spiro atoms. The Bertz CT molecular complexity index is 1260. The third kappa shape index (κ3) is 5.66. The van der Waals surface area contributed by atoms with Crippen molar-refractivity contribution in [3.8, 4) is 0 Å². The Balaban J connectivity index is 1.52. The average molecular weight is 497 g/mol. The quantitative estimate of drug-likeness (QED) is 0.473. The van der Waals surface area contributed by atoms with E-state index in [1.54, 1.807) is 19.2 Å². The van der Waals surface area contributed by atoms with Gasteiger partial charge in [-0.15, -0.1) is 11.3 Å². The standard InChI is InChI=1S/C25H28N4O5S/c1-4-20(23(31)28-25-26-15(14-35-25)12-21(30)33-5-2)34-24(32)22-16-8-6-7-9-18(16)27-19-10-11-29(3)13-17(19)22/h6-9,14,20H,4-5,10-13H2,1-3H3,(H,26,28,31). The maximum absolute atomic E-state index is 13.4. The minimum atomic E-state index is -0.996. The van der Waals surface area contributed by atoms with Gasteiger partial charge in [0.05, 0.1) is 29.8 Å². The van der Waals surface area contributed by atoms with Gasteiger partial charge in [-0.05, 0) is 26.5 Å². The van der Waals surface area contributed by atoms with E-state index in [-0.39, 0.29) is 12.4 Å². The van der Waals surface area contributed by atoms with Gasteiger partial charge in [0.25, 0.3) is 5.91 Å². The zero-order valence-electron chi connectivity index (χ0n) is 20.0. The van der Waals surface area contributed by atoms with Crippen LogP contribution in [0.5, 0.6) is 0 Å². The number of hydrogen-bond donors (Lipinski definition) is 1. The molecule has 1 aliphatic heterocycles. The highest BCUT2D eigenvalue weighted by Crippen LogP contribution is 2.29. The summed E-state index contributed by atoms with van der Waals surface area (Å²) in [6.07, 6.45) is 0.0706. The second-order valence-corrected chi connectivity index (χ2v) is 9.19. The average Bonchev–Trinajstić information content (AvgIpc) is 3.27. The lowest BCUT2D eigenvalue weighted by atomic mass is 9.96. The van der Waals surface area contributed by atoms with E-state index in [4.69, 9.17) is 14.5 Å². The summed E-state index contributed by atoms with van der Waals surface area (Å²) in [6.45, 7) is 5.25. The number of fused-ring (bicyclic) bond motifs is 2. The monoisotopic (exact) mass is 496 g/mol. The summed E-state index contributed by atoms with van der Waals surface area (Å²) >= 11 is 1.20. The maximum atomic E-state index is 13.4. The van der Waals surface area contributed by atoms with Gasteiger partial charge >= 0.3 is 11.9 Å². The number of likely N-dealkylation sites (N-methyl/N-ethyl adjacent to an activating group) is 1. The van der Waals surface area contributed by atoms with E-state index < -0.39 is 18.0 Å². The fourth-order valence-corrected chi connectivity index (χ4v) is 4.77. The van der Waals surface area contributed by atoms with Gasteiger partial charge in [-0.2, -0.15) is 0 Å². The first-order valence-electron chi connectivity index (χ1n) is 11.6. The van der Waals surface area contributed by atoms with E-state index in [0.717, 1.165) is 29.7 Å². The van der Waals surface area contributed by atoms with Gasteiger partial charge in [-0.3, -0.25) is 19.9 Å². The molecule has 184 valence electrons. The molecule has 1 amide bonds. The number of carbonyl (C=O) groups is 3. The lowest BCUT2D eigenvalue weighted by Crippen LogP contribution is -2.34. The molecule has 3 aromatic rings. The topological polar surface area (TPSA) is 111 Å². The number of benzene rings is 1. The molecule has 1 aliphatic rings. The van der Waals surface area contributed by atoms with E-state index in [1.165, 1.54) is 11.3 Å². The molecule has 35 heavy (non-hydrogen) atoms. The fraction of sp³-hybridized carbons (Fsp3) is 0.400. The van der Waals surface area contributed by atoms with E-state index in [0.29, 0.717) is 41.3 Å². The Kier molecular flexibility index (Phi) is 7.72. The number of pyridine rings is 1. The minimum Gasteiger partial charge on any atom is -0.466 e. The van der Waals surface area contributed by atoms with Crippen molar-refractivity contribution in [1.29, 1.82) is 0 Å². The van der Waals surface area contributed by atoms with Crippen molar-refractivity contribution in [3.05, 3.63) is 52.2 Å². The molecule has 0 radical (unpaired) electrons. The molecule has 0 aliphatic carbocycles. The van der Waals surface area contributed by atoms with Crippen molar-refractivity contribution >= 4 is 45.2 Å². The summed E-state index contributed by atoms with van der Waals surface area (Å²) < 4.78 is 10.7. The van der Waals surface area contributed by atoms with Crippen LogP contribution in [0.4, 0.5) is 5.13 Å². The van der Waals surface area contributed by atoms with Crippen LogP contribution in [0.2, 0.25) is 0 Å². The Morgan fingerprint density at radius 2 is 2.00 bits per heavy atom. The number of rotatable bonds is 8. The SMILES string of the molecule is CCOC(=O)Cc1csc(NC(=O)C(CC)OC(=O)c2c3c(nc4ccccc24)CCN(C)C3)n1. The minimum absolute atomic E-state index is 0.0288. The Morgan fingerprint density at radius 1 is 1.20 bits per heavy atom. The van der Waals surface area contributed by atoms with Crippen LogP contribution in [0.1, 0.15) is 47.6 Å². The second kappa shape index (κ2) is 10.9. The zero-order chi connectivity index (χ0) is 24.9. The lowest BCUT2D eigenvalue weighted by molar-refractivity contribution is -0.142. The first kappa shape index (κ1) is 24.7. The summed E-state index contributed by atoms with van der Waals surface area (Å²) in [7, 11) is 2.00. The van der Waals surface area contributed by atoms with Gasteiger partial charge in [-0.25, -0.2) is 9.78 Å². The normalized spacial score (nSPS) is 14.3. The van der Waals surface area contributed by atoms with Crippen LogP contribution in [0.15, 0.2) is 29.6 Å². The number of para-hydroxylation sites is 1. The molecule has 1 N–H and O–H groups in total. The van der Waals surface area contributed by atoms with Crippen LogP contribution in [-0.4, -0.2) is 59.0 Å². The highest BCUT2D eigenvalue weighted by Gasteiger charge is 2.29. The first-order valence-corrected chi connectivity index (χ1v) is 12.5. The van der Waals surface area contributed by atoms with Gasteiger partial charge in [-0.1, -0.05) is 25.1 Å². The van der Waals surface area contributed by atoms with Crippen molar-refractivity contribution in [1.82, 2.24) is 14.9 Å². The molecule has 0 saturated carbocycles. The summed E-state index contributed by atoms with van der Waals surface area (Å²) in [6, 6.07) is 7.49. The molecule has 1 unspecified atom stereocenters. The number of nitrogens with one attached hydrogen (secondary N) is 1. The molecule has 0 fully saturated rings. The van der Waals surface area contributed by atoms with Crippen LogP contribution < -0.4 is 5.32 Å². The molecular weight excluding hydrogens is 468 g/mol. The van der Waals surface area contributed by atoms with Crippen LogP contribution in [0, 0.1) is 0 Å². The predicted molar refractivity (Wildman–Crippen MR) is 132 cm³/mol. The summed E-state index contributed by atoms with van der Waals surface area (Å²) in [5.41, 5.74) is 3.45. The maximum Gasteiger partial charge on any atom is 0.340 e. The molecule has 4 rings (SSSR count). The van der Waals surface area contributed by atoms with Crippen molar-refractivity contribution < 1.29 is 23.9 Å². The number of hydrogen-bond acceptors (Lipinski definition) is 9. The number of anilines is 1. The van der Waals surface area contributed by atoms with Gasteiger partial charge in [0.15, 0.2) is 11.2 Å². The highest BCUT2D eigenvalue weighted by atomic mass is 32.1. The Labute approximate surface area is 207 Å². The molecule has 10 heteroatoms. The number of ether oxygens (including phenoxy) is 2. The summed E-state index contributed by atoms with van der Waals surface area (Å²) in [5.74, 6) is -1.39. The van der Waals surface area contributed by atoms with Crippen LogP contribution in [0.3, 0.4) is 0 Å². The third-order valence-electron chi connectivity index (χ3n) is 5.77. The van der Waals surface area contributed by atoms with Crippen LogP contribution in [-0.2, 0) is 38.4 Å². The number of nitrogens with zero attached hydrogens (tertiary/aromatic N) is 3. The van der Waals surface area contributed by atoms with E-state index in [1.807, 2.05) is 31.3 Å². The molecule has 1 aromatic carbocycles. The van der Waals surface area contributed by atoms with Crippen molar-refractivity contribution in [3.63, 3.8) is 0 Å². The number of carbonyl (C=O) groups excluding carboxylic acids is 3. The van der Waals surface area contributed by atoms with Gasteiger partial charge < -0.3 is 14.4 Å². The predicted octanol–water partition coefficient (Wildman–Crippen LogP) is 3.36. The van der Waals surface area contributed by atoms with E-state index in [2.05, 4.69) is 15.2 Å². The van der Waals surface area contributed by atoms with Crippen molar-refractivity contribution in [2.45, 2.75) is 45.8 Å². The molecule has 9 nitrogen and oxygen atoms in total. The van der Waals surface area contributed by atoms with Gasteiger partial charge in [0.2, 0.25) is 0 Å². The molecular formula is C25H28N4O5S. The fourth-order valence-electron chi connectivity index (χ4n) is 4.06. The molecule has 3 heterocycles. The highest BCUT2D eigenvalue weighted by molar-refractivity contribution is 7.13. The zero-order valence-corrected chi connectivity index (χ0v) is 20.8. The van der Waals surface area contributed by atoms with E-state index in [9.17, 15) is 14.4 Å². The second-order valence-electron chi connectivity index (χ2n) is 8.33. The lowest BCUT2D eigenvalue weighted by Gasteiger charge is -2.27. The van der Waals surface area contributed by atoms with Crippen LogP contribution >= 0.6 is 11.3 Å². The van der Waals surface area contributed by atoms with Gasteiger partial charge in [0.1, 0.15) is 0 Å². The third-order valence-corrected chi connectivity index (χ3v) is 6.57. The molecule has 2 aromatic heterocycles.